The highest BCUT2D eigenvalue weighted by Gasteiger charge is 2.18. The Hall–Kier alpha value is -1.07. The van der Waals surface area contributed by atoms with Gasteiger partial charge in [-0.3, -0.25) is 4.79 Å². The molecule has 1 aliphatic rings. The Morgan fingerprint density at radius 3 is 2.95 bits per heavy atom. The first-order valence-electron chi connectivity index (χ1n) is 7.07. The molecular formula is C15H22BrN3O. The first kappa shape index (κ1) is 15.3. The second-order valence-electron chi connectivity index (χ2n) is 5.57. The third-order valence-electron chi connectivity index (χ3n) is 3.29. The lowest BCUT2D eigenvalue weighted by molar-refractivity contribution is -0.120. The number of carbonyl (C=O) groups is 1. The van der Waals surface area contributed by atoms with Crippen molar-refractivity contribution in [1.29, 1.82) is 0 Å². The number of nitrogens with zero attached hydrogens (tertiary/aromatic N) is 1. The van der Waals surface area contributed by atoms with Crippen molar-refractivity contribution in [3.05, 3.63) is 28.2 Å². The zero-order chi connectivity index (χ0) is 14.5. The van der Waals surface area contributed by atoms with Gasteiger partial charge in [-0.2, -0.15) is 0 Å². The number of hydrogen-bond donors (Lipinski definition) is 2. The molecule has 1 saturated heterocycles. The Morgan fingerprint density at radius 1 is 1.45 bits per heavy atom. The first-order chi connectivity index (χ1) is 9.56. The smallest absolute Gasteiger partial charge is 0.239 e. The number of amides is 1. The molecule has 2 rings (SSSR count). The third-order valence-corrected chi connectivity index (χ3v) is 3.78. The van der Waals surface area contributed by atoms with Gasteiger partial charge in [-0.05, 0) is 36.2 Å². The molecule has 1 aromatic carbocycles. The van der Waals surface area contributed by atoms with E-state index in [1.54, 1.807) is 0 Å². The third kappa shape index (κ3) is 4.21. The molecule has 1 aromatic rings. The van der Waals surface area contributed by atoms with Gasteiger partial charge < -0.3 is 15.5 Å². The van der Waals surface area contributed by atoms with Crippen molar-refractivity contribution >= 4 is 27.5 Å². The average molecular weight is 340 g/mol. The van der Waals surface area contributed by atoms with Gasteiger partial charge in [-0.1, -0.05) is 29.8 Å². The molecule has 1 amide bonds. The van der Waals surface area contributed by atoms with E-state index in [0.717, 1.165) is 29.8 Å². The van der Waals surface area contributed by atoms with E-state index in [9.17, 15) is 4.79 Å². The summed E-state index contributed by atoms with van der Waals surface area (Å²) in [6, 6.07) is 6.26. The number of benzene rings is 1. The van der Waals surface area contributed by atoms with Gasteiger partial charge in [-0.25, -0.2) is 0 Å². The highest BCUT2D eigenvalue weighted by atomic mass is 79.9. The zero-order valence-electron chi connectivity index (χ0n) is 12.1. The quantitative estimate of drug-likeness (QED) is 0.863. The van der Waals surface area contributed by atoms with E-state index < -0.39 is 0 Å². The van der Waals surface area contributed by atoms with Gasteiger partial charge in [-0.15, -0.1) is 0 Å². The highest BCUT2D eigenvalue weighted by Crippen LogP contribution is 2.25. The van der Waals surface area contributed by atoms with Crippen LogP contribution in [0.25, 0.3) is 0 Å². The summed E-state index contributed by atoms with van der Waals surface area (Å²) in [5, 5.41) is 6.34. The van der Waals surface area contributed by atoms with Crippen LogP contribution in [-0.4, -0.2) is 32.1 Å². The summed E-state index contributed by atoms with van der Waals surface area (Å²) in [5.74, 6) is 0.728. The van der Waals surface area contributed by atoms with Crippen molar-refractivity contribution in [2.75, 3.05) is 31.1 Å². The van der Waals surface area contributed by atoms with Crippen molar-refractivity contribution in [3.8, 4) is 0 Å². The lowest BCUT2D eigenvalue weighted by Gasteiger charge is -2.30. The van der Waals surface area contributed by atoms with Gasteiger partial charge in [0, 0.05) is 29.8 Å². The standard InChI is InChI=1S/C15H22BrN3O/c1-11(2)8-17-9-12-7-13(16)3-4-14(12)19-6-5-18-15(20)10-19/h3-4,7,11,17H,5-6,8-10H2,1-2H3,(H,18,20). The molecule has 110 valence electrons. The molecule has 0 atom stereocenters. The van der Waals surface area contributed by atoms with Crippen LogP contribution in [0.1, 0.15) is 19.4 Å². The molecule has 0 saturated carbocycles. The van der Waals surface area contributed by atoms with E-state index in [4.69, 9.17) is 0 Å². The molecule has 20 heavy (non-hydrogen) atoms. The van der Waals surface area contributed by atoms with Crippen molar-refractivity contribution < 1.29 is 4.79 Å². The molecule has 1 heterocycles. The summed E-state index contributed by atoms with van der Waals surface area (Å²) >= 11 is 3.53. The van der Waals surface area contributed by atoms with E-state index in [2.05, 4.69) is 57.4 Å². The van der Waals surface area contributed by atoms with Crippen LogP contribution in [0.3, 0.4) is 0 Å². The van der Waals surface area contributed by atoms with Crippen LogP contribution >= 0.6 is 15.9 Å². The number of halogens is 1. The summed E-state index contributed by atoms with van der Waals surface area (Å²) < 4.78 is 1.07. The Bertz CT molecular complexity index is 476. The maximum absolute atomic E-state index is 11.6. The summed E-state index contributed by atoms with van der Waals surface area (Å²) in [4.78, 5) is 13.7. The zero-order valence-corrected chi connectivity index (χ0v) is 13.7. The molecule has 0 radical (unpaired) electrons. The fourth-order valence-electron chi connectivity index (χ4n) is 2.34. The lowest BCUT2D eigenvalue weighted by atomic mass is 10.1. The maximum Gasteiger partial charge on any atom is 0.239 e. The number of piperazine rings is 1. The van der Waals surface area contributed by atoms with Crippen LogP contribution in [0.5, 0.6) is 0 Å². The molecule has 0 aromatic heterocycles. The maximum atomic E-state index is 11.6. The van der Waals surface area contributed by atoms with E-state index in [1.165, 1.54) is 5.56 Å². The van der Waals surface area contributed by atoms with Crippen molar-refractivity contribution in [1.82, 2.24) is 10.6 Å². The number of rotatable bonds is 5. The molecule has 0 bridgehead atoms. The molecular weight excluding hydrogens is 318 g/mol. The molecule has 5 heteroatoms. The normalized spacial score (nSPS) is 15.6. The minimum absolute atomic E-state index is 0.0975. The lowest BCUT2D eigenvalue weighted by Crippen LogP contribution is -2.48. The second-order valence-corrected chi connectivity index (χ2v) is 6.48. The van der Waals surface area contributed by atoms with Crippen molar-refractivity contribution in [2.45, 2.75) is 20.4 Å². The Balaban J connectivity index is 2.12. The number of hydrogen-bond acceptors (Lipinski definition) is 3. The van der Waals surface area contributed by atoms with Crippen LogP contribution in [0.2, 0.25) is 0 Å². The number of nitrogens with one attached hydrogen (secondary N) is 2. The summed E-state index contributed by atoms with van der Waals surface area (Å²) in [6.45, 7) is 8.24. The number of carbonyl (C=O) groups excluding carboxylic acids is 1. The van der Waals surface area contributed by atoms with Crippen LogP contribution < -0.4 is 15.5 Å². The van der Waals surface area contributed by atoms with Gasteiger partial charge in [0.05, 0.1) is 6.54 Å². The van der Waals surface area contributed by atoms with E-state index in [-0.39, 0.29) is 5.91 Å². The Labute approximate surface area is 129 Å². The van der Waals surface area contributed by atoms with Gasteiger partial charge in [0.15, 0.2) is 0 Å². The summed E-state index contributed by atoms with van der Waals surface area (Å²) in [7, 11) is 0. The van der Waals surface area contributed by atoms with E-state index in [1.807, 2.05) is 6.07 Å². The van der Waals surface area contributed by atoms with Crippen LogP contribution in [0.4, 0.5) is 5.69 Å². The topological polar surface area (TPSA) is 44.4 Å². The second kappa shape index (κ2) is 7.09. The fraction of sp³-hybridized carbons (Fsp3) is 0.533. The summed E-state index contributed by atoms with van der Waals surface area (Å²) in [5.41, 5.74) is 2.38. The first-order valence-corrected chi connectivity index (χ1v) is 7.86. The monoisotopic (exact) mass is 339 g/mol. The number of anilines is 1. The largest absolute Gasteiger partial charge is 0.360 e. The molecule has 0 unspecified atom stereocenters. The molecule has 1 fully saturated rings. The minimum Gasteiger partial charge on any atom is -0.360 e. The summed E-state index contributed by atoms with van der Waals surface area (Å²) in [6.07, 6.45) is 0. The Morgan fingerprint density at radius 2 is 2.25 bits per heavy atom. The van der Waals surface area contributed by atoms with Crippen molar-refractivity contribution in [2.24, 2.45) is 5.92 Å². The molecule has 2 N–H and O–H groups in total. The molecule has 0 aliphatic carbocycles. The van der Waals surface area contributed by atoms with Crippen LogP contribution in [0.15, 0.2) is 22.7 Å². The molecule has 4 nitrogen and oxygen atoms in total. The Kier molecular flexibility index (Phi) is 5.43. The van der Waals surface area contributed by atoms with Gasteiger partial charge in [0.2, 0.25) is 5.91 Å². The van der Waals surface area contributed by atoms with Crippen molar-refractivity contribution in [3.63, 3.8) is 0 Å². The average Bonchev–Trinajstić information content (AvgIpc) is 2.38. The van der Waals surface area contributed by atoms with Gasteiger partial charge in [0.25, 0.3) is 0 Å². The minimum atomic E-state index is 0.0975. The van der Waals surface area contributed by atoms with E-state index >= 15 is 0 Å². The highest BCUT2D eigenvalue weighted by molar-refractivity contribution is 9.10. The fourth-order valence-corrected chi connectivity index (χ4v) is 2.75. The molecule has 0 spiro atoms. The SMILES string of the molecule is CC(C)CNCc1cc(Br)ccc1N1CCNC(=O)C1. The van der Waals surface area contributed by atoms with Gasteiger partial charge in [0.1, 0.15) is 0 Å². The predicted octanol–water partition coefficient (Wildman–Crippen LogP) is 2.13. The van der Waals surface area contributed by atoms with Crippen LogP contribution in [-0.2, 0) is 11.3 Å². The predicted molar refractivity (Wildman–Crippen MR) is 85.9 cm³/mol. The van der Waals surface area contributed by atoms with E-state index in [0.29, 0.717) is 19.0 Å². The van der Waals surface area contributed by atoms with Gasteiger partial charge >= 0.3 is 0 Å². The van der Waals surface area contributed by atoms with Crippen LogP contribution in [0, 0.1) is 5.92 Å². The molecule has 1 aliphatic heterocycles.